The molecule has 0 unspecified atom stereocenters. The molecule has 0 saturated carbocycles. The molecule has 5 heteroatoms. The van der Waals surface area contributed by atoms with Crippen LogP contribution >= 0.6 is 24.8 Å². The minimum atomic E-state index is -0.254. The quantitative estimate of drug-likeness (QED) is 0.329. The lowest BCUT2D eigenvalue weighted by Gasteiger charge is -2.29. The van der Waals surface area contributed by atoms with Crippen molar-refractivity contribution in [1.29, 1.82) is 0 Å². The molecular weight excluding hydrogens is 309 g/mol. The van der Waals surface area contributed by atoms with Crippen LogP contribution in [0.3, 0.4) is 0 Å². The normalized spacial score (nSPS) is 10.6. The van der Waals surface area contributed by atoms with Crippen LogP contribution in [0.2, 0.25) is 0 Å². The molecule has 120 valence electrons. The molecule has 1 aromatic carbocycles. The lowest BCUT2D eigenvalue weighted by molar-refractivity contribution is -0.903. The van der Waals surface area contributed by atoms with Crippen LogP contribution in [0.1, 0.15) is 18.9 Å². The third kappa shape index (κ3) is 10.4. The number of allylic oxidation sites excluding steroid dienone is 1. The summed E-state index contributed by atoms with van der Waals surface area (Å²) in [5.74, 6) is -0.254. The van der Waals surface area contributed by atoms with Gasteiger partial charge in [-0.1, -0.05) is 36.4 Å². The van der Waals surface area contributed by atoms with Crippen LogP contribution in [-0.2, 0) is 16.1 Å². The second-order valence-corrected chi connectivity index (χ2v) is 5.32. The molecule has 0 radical (unpaired) electrons. The topological polar surface area (TPSA) is 26.3 Å². The first-order valence-corrected chi connectivity index (χ1v) is 6.69. The van der Waals surface area contributed by atoms with Gasteiger partial charge >= 0.3 is 5.97 Å². The number of nitrogens with zero attached hydrogens (tertiary/aromatic N) is 1. The number of carbonyl (C=O) groups is 1. The second kappa shape index (κ2) is 11.6. The van der Waals surface area contributed by atoms with E-state index in [2.05, 4.69) is 38.4 Å². The van der Waals surface area contributed by atoms with Gasteiger partial charge < -0.3 is 9.22 Å². The number of ether oxygens (including phenoxy) is 1. The zero-order valence-corrected chi connectivity index (χ0v) is 14.6. The van der Waals surface area contributed by atoms with Crippen molar-refractivity contribution in [3.8, 4) is 0 Å². The molecule has 0 aliphatic rings. The fourth-order valence-corrected chi connectivity index (χ4v) is 2.01. The summed E-state index contributed by atoms with van der Waals surface area (Å²) in [5, 5.41) is 0. The van der Waals surface area contributed by atoms with E-state index >= 15 is 0 Å². The largest absolute Gasteiger partial charge is 0.462 e. The molecule has 1 rings (SSSR count). The van der Waals surface area contributed by atoms with E-state index in [4.69, 9.17) is 4.74 Å². The van der Waals surface area contributed by atoms with Crippen molar-refractivity contribution in [2.24, 2.45) is 0 Å². The van der Waals surface area contributed by atoms with Gasteiger partial charge in [0.25, 0.3) is 0 Å². The first-order valence-electron chi connectivity index (χ1n) is 6.69. The van der Waals surface area contributed by atoms with Crippen LogP contribution in [0.4, 0.5) is 0 Å². The van der Waals surface area contributed by atoms with Crippen LogP contribution in [0.15, 0.2) is 42.5 Å². The Bertz CT molecular complexity index is 420. The predicted octanol–water partition coefficient (Wildman–Crippen LogP) is 3.62. The smallest absolute Gasteiger partial charge is 0.330 e. The standard InChI is InChI=1S/C16H24NO2.2ClH/c1-4-9-16(18)19-13-8-12-17(2,3)14-15-10-6-5-7-11-15;;/h4-7,9-11H,8,12-14H2,1-3H3;2*1H/q+1;;. The highest BCUT2D eigenvalue weighted by molar-refractivity contribution is 5.85. The van der Waals surface area contributed by atoms with Gasteiger partial charge in [-0.25, -0.2) is 4.79 Å². The Hall–Kier alpha value is -1.03. The van der Waals surface area contributed by atoms with Gasteiger partial charge in [-0.2, -0.15) is 0 Å². The molecule has 0 aliphatic carbocycles. The molecule has 0 amide bonds. The van der Waals surface area contributed by atoms with Gasteiger partial charge in [-0.3, -0.25) is 0 Å². The number of halogens is 2. The van der Waals surface area contributed by atoms with Crippen LogP contribution in [0.5, 0.6) is 0 Å². The summed E-state index contributed by atoms with van der Waals surface area (Å²) >= 11 is 0. The fraction of sp³-hybridized carbons (Fsp3) is 0.438. The summed E-state index contributed by atoms with van der Waals surface area (Å²) in [7, 11) is 4.39. The summed E-state index contributed by atoms with van der Waals surface area (Å²) in [6.45, 7) is 4.27. The molecule has 0 heterocycles. The first kappa shape index (κ1) is 22.3. The van der Waals surface area contributed by atoms with Crippen LogP contribution in [0.25, 0.3) is 0 Å². The van der Waals surface area contributed by atoms with E-state index in [1.807, 2.05) is 6.07 Å². The number of benzene rings is 1. The number of hydrogen-bond donors (Lipinski definition) is 0. The molecule has 0 atom stereocenters. The maximum atomic E-state index is 11.1. The maximum Gasteiger partial charge on any atom is 0.330 e. The van der Waals surface area contributed by atoms with E-state index in [-0.39, 0.29) is 30.8 Å². The highest BCUT2D eigenvalue weighted by Crippen LogP contribution is 2.09. The lowest BCUT2D eigenvalue weighted by atomic mass is 10.2. The average molecular weight is 335 g/mol. The minimum absolute atomic E-state index is 0. The third-order valence-corrected chi connectivity index (χ3v) is 2.91. The second-order valence-electron chi connectivity index (χ2n) is 5.32. The van der Waals surface area contributed by atoms with Gasteiger partial charge in [0.2, 0.25) is 0 Å². The van der Waals surface area contributed by atoms with Gasteiger partial charge in [-0.05, 0) is 6.92 Å². The fourth-order valence-electron chi connectivity index (χ4n) is 2.01. The van der Waals surface area contributed by atoms with Gasteiger partial charge in [0.05, 0.1) is 27.2 Å². The van der Waals surface area contributed by atoms with Crippen LogP contribution < -0.4 is 0 Å². The van der Waals surface area contributed by atoms with E-state index in [0.29, 0.717) is 6.61 Å². The molecule has 0 N–H and O–H groups in total. The molecular formula is C16H26Cl2NO2+. The molecule has 0 bridgehead atoms. The van der Waals surface area contributed by atoms with Crippen molar-refractivity contribution in [2.45, 2.75) is 19.9 Å². The zero-order chi connectivity index (χ0) is 14.1. The number of quaternary nitrogens is 1. The maximum absolute atomic E-state index is 11.1. The van der Waals surface area contributed by atoms with Crippen molar-refractivity contribution >= 4 is 30.8 Å². The highest BCUT2D eigenvalue weighted by atomic mass is 35.5. The molecule has 0 aliphatic heterocycles. The number of rotatable bonds is 7. The number of carbonyl (C=O) groups excluding carboxylic acids is 1. The zero-order valence-electron chi connectivity index (χ0n) is 13.0. The van der Waals surface area contributed by atoms with Crippen molar-refractivity contribution in [1.82, 2.24) is 0 Å². The average Bonchev–Trinajstić information content (AvgIpc) is 2.36. The molecule has 3 nitrogen and oxygen atoms in total. The SMILES string of the molecule is CC=CC(=O)OCCC[N+](C)(C)Cc1ccccc1.Cl.Cl. The Morgan fingerprint density at radius 1 is 1.19 bits per heavy atom. The van der Waals surface area contributed by atoms with Gasteiger partial charge in [-0.15, -0.1) is 24.8 Å². The van der Waals surface area contributed by atoms with E-state index in [0.717, 1.165) is 24.0 Å². The summed E-state index contributed by atoms with van der Waals surface area (Å²) in [4.78, 5) is 11.1. The Morgan fingerprint density at radius 2 is 1.81 bits per heavy atom. The molecule has 0 aromatic heterocycles. The summed E-state index contributed by atoms with van der Waals surface area (Å²) in [6, 6.07) is 10.4. The minimum Gasteiger partial charge on any atom is -0.462 e. The lowest BCUT2D eigenvalue weighted by Crippen LogP contribution is -2.40. The van der Waals surface area contributed by atoms with Gasteiger partial charge in [0.1, 0.15) is 6.54 Å². The van der Waals surface area contributed by atoms with Gasteiger partial charge in [0.15, 0.2) is 0 Å². The van der Waals surface area contributed by atoms with Crippen molar-refractivity contribution in [2.75, 3.05) is 27.2 Å². The van der Waals surface area contributed by atoms with E-state index in [1.165, 1.54) is 11.6 Å². The van der Waals surface area contributed by atoms with E-state index in [9.17, 15) is 4.79 Å². The van der Waals surface area contributed by atoms with Crippen molar-refractivity contribution < 1.29 is 14.0 Å². The summed E-state index contributed by atoms with van der Waals surface area (Å²) in [6.07, 6.45) is 4.02. The predicted molar refractivity (Wildman–Crippen MR) is 92.0 cm³/mol. The Kier molecular flexibility index (Phi) is 12.3. The first-order chi connectivity index (χ1) is 9.03. The molecule has 0 fully saturated rings. The Balaban J connectivity index is 0. The number of esters is 1. The molecule has 0 spiro atoms. The van der Waals surface area contributed by atoms with E-state index in [1.54, 1.807) is 13.0 Å². The van der Waals surface area contributed by atoms with Crippen molar-refractivity contribution in [3.05, 3.63) is 48.0 Å². The highest BCUT2D eigenvalue weighted by Gasteiger charge is 2.15. The summed E-state index contributed by atoms with van der Waals surface area (Å²) in [5.41, 5.74) is 1.33. The van der Waals surface area contributed by atoms with Crippen LogP contribution in [0, 0.1) is 0 Å². The molecule has 21 heavy (non-hydrogen) atoms. The molecule has 1 aromatic rings. The summed E-state index contributed by atoms with van der Waals surface area (Å²) < 4.78 is 5.99. The third-order valence-electron chi connectivity index (χ3n) is 2.91. The Labute approximate surface area is 140 Å². The number of hydrogen-bond acceptors (Lipinski definition) is 2. The Morgan fingerprint density at radius 3 is 2.38 bits per heavy atom. The van der Waals surface area contributed by atoms with Crippen molar-refractivity contribution in [3.63, 3.8) is 0 Å². The molecule has 0 saturated heterocycles. The monoisotopic (exact) mass is 334 g/mol. The van der Waals surface area contributed by atoms with E-state index < -0.39 is 0 Å². The van der Waals surface area contributed by atoms with Crippen LogP contribution in [-0.4, -0.2) is 37.7 Å². The van der Waals surface area contributed by atoms with Gasteiger partial charge in [0, 0.05) is 18.1 Å².